The summed E-state index contributed by atoms with van der Waals surface area (Å²) in [7, 11) is 0. The number of aryl methyl sites for hydroxylation is 2. The summed E-state index contributed by atoms with van der Waals surface area (Å²) in [5.74, 6) is 0. The van der Waals surface area contributed by atoms with Gasteiger partial charge in [0.1, 0.15) is 0 Å². The number of benzene rings is 1. The molecule has 1 aromatic rings. The Morgan fingerprint density at radius 1 is 1.06 bits per heavy atom. The highest BCUT2D eigenvalue weighted by molar-refractivity contribution is 5.26. The third-order valence-corrected chi connectivity index (χ3v) is 2.77. The fraction of sp³-hybridized carbons (Fsp3) is 0.294. The Balaban J connectivity index is 2.44. The van der Waals surface area contributed by atoms with Crippen molar-refractivity contribution in [3.63, 3.8) is 0 Å². The fourth-order valence-electron chi connectivity index (χ4n) is 1.59. The first-order valence-corrected chi connectivity index (χ1v) is 6.21. The summed E-state index contributed by atoms with van der Waals surface area (Å²) >= 11 is 0. The molecular weight excluding hydrogens is 204 g/mol. The minimum atomic E-state index is 1.01. The number of hydrogen-bond donors (Lipinski definition) is 0. The Kier molecular flexibility index (Phi) is 5.48. The van der Waals surface area contributed by atoms with E-state index in [4.69, 9.17) is 0 Å². The summed E-state index contributed by atoms with van der Waals surface area (Å²) in [6, 6.07) is 8.85. The van der Waals surface area contributed by atoms with E-state index in [2.05, 4.69) is 50.4 Å². The van der Waals surface area contributed by atoms with Crippen molar-refractivity contribution >= 4 is 0 Å². The van der Waals surface area contributed by atoms with Crippen molar-refractivity contribution in [3.05, 3.63) is 71.8 Å². The van der Waals surface area contributed by atoms with Crippen LogP contribution in [0.25, 0.3) is 0 Å². The van der Waals surface area contributed by atoms with Crippen molar-refractivity contribution < 1.29 is 0 Å². The van der Waals surface area contributed by atoms with Crippen LogP contribution in [-0.4, -0.2) is 0 Å². The molecule has 0 heteroatoms. The van der Waals surface area contributed by atoms with E-state index in [9.17, 15) is 0 Å². The van der Waals surface area contributed by atoms with Gasteiger partial charge in [0.25, 0.3) is 0 Å². The Labute approximate surface area is 105 Å². The zero-order valence-corrected chi connectivity index (χ0v) is 11.0. The molecule has 0 nitrogen and oxygen atoms in total. The van der Waals surface area contributed by atoms with Crippen LogP contribution in [-0.2, 0) is 12.8 Å². The molecule has 1 aromatic carbocycles. The van der Waals surface area contributed by atoms with E-state index in [-0.39, 0.29) is 0 Å². The molecule has 0 amide bonds. The Morgan fingerprint density at radius 3 is 2.18 bits per heavy atom. The third kappa shape index (κ3) is 5.35. The van der Waals surface area contributed by atoms with Gasteiger partial charge in [0, 0.05) is 0 Å². The lowest BCUT2D eigenvalue weighted by molar-refractivity contribution is 0.965. The standard InChI is InChI=1S/C17H22/c1-5-16-10-12-17(13-11-16)9-8-15(4)7-6-14(2)3/h6-7,10-13H,2,4-5,8-9H2,1,3H3/b7-6-. The monoisotopic (exact) mass is 226 g/mol. The van der Waals surface area contributed by atoms with E-state index >= 15 is 0 Å². The summed E-state index contributed by atoms with van der Waals surface area (Å²) in [6.07, 6.45) is 7.25. The van der Waals surface area contributed by atoms with Crippen LogP contribution in [0.3, 0.4) is 0 Å². The molecule has 0 unspecified atom stereocenters. The molecule has 0 N–H and O–H groups in total. The van der Waals surface area contributed by atoms with Gasteiger partial charge in [-0.3, -0.25) is 0 Å². The van der Waals surface area contributed by atoms with Crippen LogP contribution < -0.4 is 0 Å². The lowest BCUT2D eigenvalue weighted by Crippen LogP contribution is -1.88. The van der Waals surface area contributed by atoms with Crippen LogP contribution in [0.5, 0.6) is 0 Å². The summed E-state index contributed by atoms with van der Waals surface area (Å²) in [5.41, 5.74) is 5.01. The lowest BCUT2D eigenvalue weighted by atomic mass is 10.0. The molecule has 17 heavy (non-hydrogen) atoms. The summed E-state index contributed by atoms with van der Waals surface area (Å²) in [4.78, 5) is 0. The minimum Gasteiger partial charge on any atom is -0.0961 e. The van der Waals surface area contributed by atoms with Crippen molar-refractivity contribution in [1.29, 1.82) is 0 Å². The van der Waals surface area contributed by atoms with Crippen molar-refractivity contribution in [2.24, 2.45) is 0 Å². The average Bonchev–Trinajstić information content (AvgIpc) is 2.34. The number of allylic oxidation sites excluding steroid dienone is 4. The van der Waals surface area contributed by atoms with Crippen molar-refractivity contribution in [1.82, 2.24) is 0 Å². The van der Waals surface area contributed by atoms with E-state index in [1.165, 1.54) is 11.1 Å². The second kappa shape index (κ2) is 6.90. The molecule has 0 heterocycles. The SMILES string of the molecule is C=C(C)/C=C\C(=C)CCc1ccc(CC)cc1. The molecule has 1 rings (SSSR count). The highest BCUT2D eigenvalue weighted by Gasteiger charge is 1.95. The van der Waals surface area contributed by atoms with E-state index in [1.54, 1.807) is 0 Å². The van der Waals surface area contributed by atoms with E-state index in [0.29, 0.717) is 0 Å². The second-order valence-electron chi connectivity index (χ2n) is 4.51. The van der Waals surface area contributed by atoms with Gasteiger partial charge in [0.2, 0.25) is 0 Å². The van der Waals surface area contributed by atoms with Crippen LogP contribution in [0.1, 0.15) is 31.4 Å². The molecule has 0 saturated heterocycles. The summed E-state index contributed by atoms with van der Waals surface area (Å²) in [5, 5.41) is 0. The van der Waals surface area contributed by atoms with Crippen molar-refractivity contribution in [3.8, 4) is 0 Å². The highest BCUT2D eigenvalue weighted by Crippen LogP contribution is 2.11. The maximum Gasteiger partial charge on any atom is -0.0238 e. The quantitative estimate of drug-likeness (QED) is 0.607. The van der Waals surface area contributed by atoms with Crippen LogP contribution >= 0.6 is 0 Å². The first kappa shape index (κ1) is 13.5. The predicted molar refractivity (Wildman–Crippen MR) is 77.2 cm³/mol. The Hall–Kier alpha value is -1.56. The molecule has 0 bridgehead atoms. The Bertz CT molecular complexity index is 404. The number of hydrogen-bond acceptors (Lipinski definition) is 0. The van der Waals surface area contributed by atoms with E-state index < -0.39 is 0 Å². The maximum atomic E-state index is 4.05. The van der Waals surface area contributed by atoms with Gasteiger partial charge >= 0.3 is 0 Å². The van der Waals surface area contributed by atoms with Crippen LogP contribution in [0, 0.1) is 0 Å². The van der Waals surface area contributed by atoms with Gasteiger partial charge in [-0.15, -0.1) is 0 Å². The smallest absolute Gasteiger partial charge is 0.0238 e. The Morgan fingerprint density at radius 2 is 1.65 bits per heavy atom. The van der Waals surface area contributed by atoms with Gasteiger partial charge in [0.15, 0.2) is 0 Å². The maximum absolute atomic E-state index is 4.05. The van der Waals surface area contributed by atoms with Crippen molar-refractivity contribution in [2.45, 2.75) is 33.1 Å². The van der Waals surface area contributed by atoms with Crippen molar-refractivity contribution in [2.75, 3.05) is 0 Å². The largest absolute Gasteiger partial charge is 0.0961 e. The fourth-order valence-corrected chi connectivity index (χ4v) is 1.59. The molecule has 0 saturated carbocycles. The third-order valence-electron chi connectivity index (χ3n) is 2.77. The van der Waals surface area contributed by atoms with Gasteiger partial charge in [-0.2, -0.15) is 0 Å². The summed E-state index contributed by atoms with van der Waals surface area (Å²) < 4.78 is 0. The average molecular weight is 226 g/mol. The molecule has 0 aliphatic rings. The second-order valence-corrected chi connectivity index (χ2v) is 4.51. The normalized spacial score (nSPS) is 10.7. The van der Waals surface area contributed by atoms with Gasteiger partial charge in [-0.1, -0.05) is 67.6 Å². The van der Waals surface area contributed by atoms with Gasteiger partial charge in [-0.05, 0) is 37.3 Å². The van der Waals surface area contributed by atoms with Crippen LogP contribution in [0.2, 0.25) is 0 Å². The molecule has 0 radical (unpaired) electrons. The highest BCUT2D eigenvalue weighted by atomic mass is 14.0. The zero-order valence-electron chi connectivity index (χ0n) is 11.0. The lowest BCUT2D eigenvalue weighted by Gasteiger charge is -2.03. The van der Waals surface area contributed by atoms with Crippen LogP contribution in [0.15, 0.2) is 60.7 Å². The first-order valence-electron chi connectivity index (χ1n) is 6.21. The zero-order chi connectivity index (χ0) is 12.7. The van der Waals surface area contributed by atoms with Gasteiger partial charge in [-0.25, -0.2) is 0 Å². The van der Waals surface area contributed by atoms with Gasteiger partial charge in [0.05, 0.1) is 0 Å². The summed E-state index contributed by atoms with van der Waals surface area (Å²) in [6.45, 7) is 12.1. The molecule has 0 aromatic heterocycles. The predicted octanol–water partition coefficient (Wildman–Crippen LogP) is 4.87. The molecule has 0 fully saturated rings. The van der Waals surface area contributed by atoms with Gasteiger partial charge < -0.3 is 0 Å². The first-order chi connectivity index (χ1) is 8.11. The molecule has 0 spiro atoms. The van der Waals surface area contributed by atoms with E-state index in [1.807, 2.05) is 13.0 Å². The molecule has 0 aliphatic carbocycles. The topological polar surface area (TPSA) is 0 Å². The minimum absolute atomic E-state index is 1.01. The molecule has 90 valence electrons. The van der Waals surface area contributed by atoms with Crippen LogP contribution in [0.4, 0.5) is 0 Å². The molecular formula is C17H22. The molecule has 0 atom stereocenters. The van der Waals surface area contributed by atoms with E-state index in [0.717, 1.165) is 30.4 Å². The molecule has 0 aliphatic heterocycles. The number of rotatable bonds is 6.